The zero-order valence-electron chi connectivity index (χ0n) is 10.7. The molecule has 0 spiro atoms. The number of benzene rings is 1. The molecule has 0 amide bonds. The molecule has 0 unspecified atom stereocenters. The summed E-state index contributed by atoms with van der Waals surface area (Å²) in [5, 5.41) is 0. The van der Waals surface area contributed by atoms with Gasteiger partial charge in [-0.05, 0) is 29.7 Å². The van der Waals surface area contributed by atoms with Crippen molar-refractivity contribution in [2.45, 2.75) is 26.4 Å². The smallest absolute Gasteiger partial charge is 0.220 e. The summed E-state index contributed by atoms with van der Waals surface area (Å²) in [6.45, 7) is 4.25. The van der Waals surface area contributed by atoms with Crippen LogP contribution in [-0.2, 0) is 11.3 Å². The van der Waals surface area contributed by atoms with Crippen LogP contribution >= 0.6 is 0 Å². The first kappa shape index (κ1) is 12.8. The number of aromatic nitrogens is 1. The van der Waals surface area contributed by atoms with Crippen LogP contribution in [0.1, 0.15) is 31.2 Å². The number of nitrogens with zero attached hydrogens (tertiary/aromatic N) is 1. The van der Waals surface area contributed by atoms with Crippen molar-refractivity contribution in [1.29, 1.82) is 0 Å². The van der Waals surface area contributed by atoms with E-state index in [0.29, 0.717) is 23.8 Å². The summed E-state index contributed by atoms with van der Waals surface area (Å²) in [4.78, 5) is 4.29. The molecule has 96 valence electrons. The Morgan fingerprint density at radius 2 is 2.17 bits per heavy atom. The van der Waals surface area contributed by atoms with Gasteiger partial charge in [0.2, 0.25) is 5.89 Å². The van der Waals surface area contributed by atoms with Gasteiger partial charge in [-0.2, -0.15) is 0 Å². The monoisotopic (exact) mass is 249 g/mol. The topological polar surface area (TPSA) is 35.3 Å². The second-order valence-electron chi connectivity index (χ2n) is 4.45. The second-order valence-corrected chi connectivity index (χ2v) is 4.45. The van der Waals surface area contributed by atoms with Gasteiger partial charge in [0.25, 0.3) is 0 Å². The maximum atomic E-state index is 13.6. The van der Waals surface area contributed by atoms with Crippen molar-refractivity contribution in [3.8, 4) is 11.3 Å². The van der Waals surface area contributed by atoms with Gasteiger partial charge in [-0.25, -0.2) is 9.37 Å². The molecule has 2 aromatic rings. The van der Waals surface area contributed by atoms with Gasteiger partial charge in [0.1, 0.15) is 24.4 Å². The average molecular weight is 249 g/mol. The molecule has 18 heavy (non-hydrogen) atoms. The van der Waals surface area contributed by atoms with Gasteiger partial charge in [0.15, 0.2) is 0 Å². The average Bonchev–Trinajstić information content (AvgIpc) is 2.78. The Morgan fingerprint density at radius 3 is 2.83 bits per heavy atom. The SMILES string of the molecule is COCc1nc(-c2ccc(F)c(C(C)C)c2)co1. The molecule has 1 aromatic carbocycles. The molecular formula is C14H16FNO2. The van der Waals surface area contributed by atoms with E-state index in [1.54, 1.807) is 19.4 Å². The largest absolute Gasteiger partial charge is 0.446 e. The summed E-state index contributed by atoms with van der Waals surface area (Å²) in [6.07, 6.45) is 1.56. The maximum absolute atomic E-state index is 13.6. The van der Waals surface area contributed by atoms with E-state index in [1.165, 1.54) is 6.07 Å². The third-order valence-corrected chi connectivity index (χ3v) is 2.73. The molecule has 2 rings (SSSR count). The van der Waals surface area contributed by atoms with E-state index in [0.717, 1.165) is 5.56 Å². The first-order chi connectivity index (χ1) is 8.61. The predicted molar refractivity (Wildman–Crippen MR) is 66.7 cm³/mol. The summed E-state index contributed by atoms with van der Waals surface area (Å²) in [5.41, 5.74) is 2.24. The Labute approximate surface area is 106 Å². The molecule has 0 saturated heterocycles. The van der Waals surface area contributed by atoms with E-state index in [-0.39, 0.29) is 11.7 Å². The minimum atomic E-state index is -0.186. The molecule has 0 aliphatic carbocycles. The van der Waals surface area contributed by atoms with Crippen LogP contribution < -0.4 is 0 Å². The lowest BCUT2D eigenvalue weighted by Gasteiger charge is -2.08. The molecule has 0 aliphatic rings. The van der Waals surface area contributed by atoms with Crippen LogP contribution in [-0.4, -0.2) is 12.1 Å². The molecule has 0 bridgehead atoms. The number of hydrogen-bond acceptors (Lipinski definition) is 3. The molecule has 0 saturated carbocycles. The number of oxazole rings is 1. The summed E-state index contributed by atoms with van der Waals surface area (Å²) in [5.74, 6) is 0.465. The normalized spacial score (nSPS) is 11.2. The molecule has 0 fully saturated rings. The predicted octanol–water partition coefficient (Wildman–Crippen LogP) is 3.75. The highest BCUT2D eigenvalue weighted by molar-refractivity contribution is 5.59. The number of hydrogen-bond donors (Lipinski definition) is 0. The molecule has 1 heterocycles. The van der Waals surface area contributed by atoms with E-state index in [4.69, 9.17) is 9.15 Å². The van der Waals surface area contributed by atoms with Gasteiger partial charge in [0.05, 0.1) is 0 Å². The Hall–Kier alpha value is -1.68. The Morgan fingerprint density at radius 1 is 1.39 bits per heavy atom. The second kappa shape index (κ2) is 5.31. The lowest BCUT2D eigenvalue weighted by atomic mass is 9.99. The Bertz CT molecular complexity index is 534. The van der Waals surface area contributed by atoms with E-state index >= 15 is 0 Å². The minimum absolute atomic E-state index is 0.135. The molecular weight excluding hydrogens is 233 g/mol. The van der Waals surface area contributed by atoms with E-state index in [1.807, 2.05) is 19.9 Å². The first-order valence-corrected chi connectivity index (χ1v) is 5.85. The fraction of sp³-hybridized carbons (Fsp3) is 0.357. The summed E-state index contributed by atoms with van der Waals surface area (Å²) in [6, 6.07) is 4.99. The summed E-state index contributed by atoms with van der Waals surface area (Å²) >= 11 is 0. The van der Waals surface area contributed by atoms with Crippen LogP contribution in [0.25, 0.3) is 11.3 Å². The zero-order valence-corrected chi connectivity index (χ0v) is 10.7. The van der Waals surface area contributed by atoms with Crippen LogP contribution in [0.3, 0.4) is 0 Å². The molecule has 0 N–H and O–H groups in total. The first-order valence-electron chi connectivity index (χ1n) is 5.85. The number of methoxy groups -OCH3 is 1. The van der Waals surface area contributed by atoms with Gasteiger partial charge >= 0.3 is 0 Å². The van der Waals surface area contributed by atoms with Gasteiger partial charge in [-0.3, -0.25) is 0 Å². The molecule has 3 nitrogen and oxygen atoms in total. The third kappa shape index (κ3) is 2.59. The van der Waals surface area contributed by atoms with E-state index < -0.39 is 0 Å². The lowest BCUT2D eigenvalue weighted by Crippen LogP contribution is -1.94. The van der Waals surface area contributed by atoms with Crippen molar-refractivity contribution in [2.24, 2.45) is 0 Å². The van der Waals surface area contributed by atoms with Crippen molar-refractivity contribution >= 4 is 0 Å². The fourth-order valence-electron chi connectivity index (χ4n) is 1.78. The number of ether oxygens (including phenoxy) is 1. The summed E-state index contributed by atoms with van der Waals surface area (Å²) < 4.78 is 23.8. The minimum Gasteiger partial charge on any atom is -0.446 e. The zero-order chi connectivity index (χ0) is 13.1. The Kier molecular flexibility index (Phi) is 3.77. The van der Waals surface area contributed by atoms with Crippen molar-refractivity contribution in [3.05, 3.63) is 41.7 Å². The highest BCUT2D eigenvalue weighted by atomic mass is 19.1. The molecule has 0 atom stereocenters. The lowest BCUT2D eigenvalue weighted by molar-refractivity contribution is 0.159. The molecule has 1 aromatic heterocycles. The van der Waals surface area contributed by atoms with Crippen molar-refractivity contribution in [1.82, 2.24) is 4.98 Å². The number of halogens is 1. The van der Waals surface area contributed by atoms with E-state index in [9.17, 15) is 4.39 Å². The van der Waals surface area contributed by atoms with Gasteiger partial charge in [0, 0.05) is 12.7 Å². The van der Waals surface area contributed by atoms with Gasteiger partial charge in [-0.1, -0.05) is 13.8 Å². The number of rotatable bonds is 4. The van der Waals surface area contributed by atoms with Crippen molar-refractivity contribution in [2.75, 3.05) is 7.11 Å². The van der Waals surface area contributed by atoms with Crippen molar-refractivity contribution < 1.29 is 13.5 Å². The third-order valence-electron chi connectivity index (χ3n) is 2.73. The van der Waals surface area contributed by atoms with Crippen LogP contribution in [0.15, 0.2) is 28.9 Å². The van der Waals surface area contributed by atoms with Crippen LogP contribution in [0.4, 0.5) is 4.39 Å². The van der Waals surface area contributed by atoms with Gasteiger partial charge in [-0.15, -0.1) is 0 Å². The fourth-order valence-corrected chi connectivity index (χ4v) is 1.78. The maximum Gasteiger partial charge on any atom is 0.220 e. The highest BCUT2D eigenvalue weighted by Gasteiger charge is 2.11. The van der Waals surface area contributed by atoms with E-state index in [2.05, 4.69) is 4.98 Å². The van der Waals surface area contributed by atoms with Crippen LogP contribution in [0.2, 0.25) is 0 Å². The van der Waals surface area contributed by atoms with Crippen LogP contribution in [0, 0.1) is 5.82 Å². The molecule has 4 heteroatoms. The van der Waals surface area contributed by atoms with Crippen molar-refractivity contribution in [3.63, 3.8) is 0 Å². The quantitative estimate of drug-likeness (QED) is 0.827. The van der Waals surface area contributed by atoms with Crippen LogP contribution in [0.5, 0.6) is 0 Å². The Balaban J connectivity index is 2.35. The summed E-state index contributed by atoms with van der Waals surface area (Å²) in [7, 11) is 1.58. The molecule has 0 aliphatic heterocycles. The standard InChI is InChI=1S/C14H16FNO2/c1-9(2)11-6-10(4-5-12(11)15)13-7-18-14(16-13)8-17-3/h4-7,9H,8H2,1-3H3. The highest BCUT2D eigenvalue weighted by Crippen LogP contribution is 2.26. The van der Waals surface area contributed by atoms with Gasteiger partial charge < -0.3 is 9.15 Å². The molecule has 0 radical (unpaired) electrons.